The van der Waals surface area contributed by atoms with Crippen molar-refractivity contribution in [2.24, 2.45) is 4.99 Å². The van der Waals surface area contributed by atoms with E-state index in [-0.39, 0.29) is 11.9 Å². The van der Waals surface area contributed by atoms with Crippen LogP contribution in [-0.4, -0.2) is 37.1 Å². The maximum absolute atomic E-state index is 13.8. The summed E-state index contributed by atoms with van der Waals surface area (Å²) in [5, 5.41) is 8.76. The second-order valence-corrected chi connectivity index (χ2v) is 6.42. The van der Waals surface area contributed by atoms with Crippen LogP contribution < -0.4 is 15.5 Å². The number of anilines is 1. The maximum Gasteiger partial charge on any atom is 0.191 e. The van der Waals surface area contributed by atoms with Crippen LogP contribution in [0.15, 0.2) is 40.8 Å². The fourth-order valence-corrected chi connectivity index (χ4v) is 3.30. The predicted molar refractivity (Wildman–Crippen MR) is 92.5 cm³/mol. The van der Waals surface area contributed by atoms with Crippen LogP contribution in [0.25, 0.3) is 0 Å². The SMILES string of the molecule is CN=C(NCc1cccs1)NC1CCN(c2ncccc2F)C1. The first kappa shape index (κ1) is 15.7. The van der Waals surface area contributed by atoms with Crippen LogP contribution in [0.5, 0.6) is 0 Å². The van der Waals surface area contributed by atoms with Gasteiger partial charge in [0.1, 0.15) is 0 Å². The van der Waals surface area contributed by atoms with Gasteiger partial charge in [0.25, 0.3) is 0 Å². The van der Waals surface area contributed by atoms with Gasteiger partial charge < -0.3 is 15.5 Å². The molecule has 3 rings (SSSR count). The van der Waals surface area contributed by atoms with Crippen LogP contribution >= 0.6 is 11.3 Å². The summed E-state index contributed by atoms with van der Waals surface area (Å²) < 4.78 is 13.8. The Balaban J connectivity index is 1.53. The van der Waals surface area contributed by atoms with Crippen molar-refractivity contribution in [1.29, 1.82) is 0 Å². The van der Waals surface area contributed by atoms with E-state index < -0.39 is 0 Å². The minimum absolute atomic E-state index is 0.228. The lowest BCUT2D eigenvalue weighted by Crippen LogP contribution is -2.44. The van der Waals surface area contributed by atoms with E-state index in [9.17, 15) is 4.39 Å². The summed E-state index contributed by atoms with van der Waals surface area (Å²) in [6.07, 6.45) is 2.55. The van der Waals surface area contributed by atoms with Crippen molar-refractivity contribution in [1.82, 2.24) is 15.6 Å². The van der Waals surface area contributed by atoms with E-state index in [1.165, 1.54) is 10.9 Å². The maximum atomic E-state index is 13.8. The van der Waals surface area contributed by atoms with E-state index in [0.717, 1.165) is 25.5 Å². The standard InChI is InChI=1S/C16H20FN5S/c1-18-16(20-10-13-4-3-9-23-13)21-12-6-8-22(11-12)15-14(17)5-2-7-19-15/h2-5,7,9,12H,6,8,10-11H2,1H3,(H2,18,20,21). The Labute approximate surface area is 139 Å². The van der Waals surface area contributed by atoms with Crippen molar-refractivity contribution in [3.05, 3.63) is 46.5 Å². The van der Waals surface area contributed by atoms with Gasteiger partial charge in [-0.1, -0.05) is 6.07 Å². The van der Waals surface area contributed by atoms with Crippen LogP contribution in [0.2, 0.25) is 0 Å². The van der Waals surface area contributed by atoms with Crippen molar-refractivity contribution in [3.63, 3.8) is 0 Å². The van der Waals surface area contributed by atoms with Gasteiger partial charge in [-0.15, -0.1) is 11.3 Å². The molecule has 0 amide bonds. The second-order valence-electron chi connectivity index (χ2n) is 5.39. The lowest BCUT2D eigenvalue weighted by atomic mass is 10.3. The normalized spacial score (nSPS) is 18.3. The fraction of sp³-hybridized carbons (Fsp3) is 0.375. The topological polar surface area (TPSA) is 52.6 Å². The Hall–Kier alpha value is -2.15. The van der Waals surface area contributed by atoms with Crippen molar-refractivity contribution in [2.75, 3.05) is 25.0 Å². The fourth-order valence-electron chi connectivity index (χ4n) is 2.65. The number of rotatable bonds is 4. The average Bonchev–Trinajstić information content (AvgIpc) is 3.23. The Bertz CT molecular complexity index is 658. The summed E-state index contributed by atoms with van der Waals surface area (Å²) in [5.74, 6) is 0.929. The Morgan fingerprint density at radius 2 is 2.39 bits per heavy atom. The second kappa shape index (κ2) is 7.41. The molecule has 3 heterocycles. The molecule has 2 aromatic rings. The van der Waals surface area contributed by atoms with Gasteiger partial charge in [-0.25, -0.2) is 9.37 Å². The number of nitrogens with one attached hydrogen (secondary N) is 2. The summed E-state index contributed by atoms with van der Waals surface area (Å²) in [6.45, 7) is 2.25. The van der Waals surface area contributed by atoms with Gasteiger partial charge in [0.2, 0.25) is 0 Å². The molecule has 1 fully saturated rings. The molecule has 7 heteroatoms. The van der Waals surface area contributed by atoms with Gasteiger partial charge in [-0.05, 0) is 30.0 Å². The number of halogens is 1. The van der Waals surface area contributed by atoms with Crippen LogP contribution in [-0.2, 0) is 6.54 Å². The number of pyridine rings is 1. The summed E-state index contributed by atoms with van der Waals surface area (Å²) in [5.41, 5.74) is 0. The third kappa shape index (κ3) is 3.98. The zero-order valence-corrected chi connectivity index (χ0v) is 13.8. The van der Waals surface area contributed by atoms with Gasteiger partial charge in [0, 0.05) is 37.3 Å². The van der Waals surface area contributed by atoms with E-state index in [1.54, 1.807) is 30.6 Å². The van der Waals surface area contributed by atoms with E-state index in [1.807, 2.05) is 11.0 Å². The van der Waals surface area contributed by atoms with Crippen LogP contribution in [0.1, 0.15) is 11.3 Å². The first-order valence-corrected chi connectivity index (χ1v) is 8.49. The molecule has 0 aromatic carbocycles. The zero-order chi connectivity index (χ0) is 16.1. The van der Waals surface area contributed by atoms with E-state index in [2.05, 4.69) is 32.1 Å². The van der Waals surface area contributed by atoms with E-state index in [4.69, 9.17) is 0 Å². The number of hydrogen-bond donors (Lipinski definition) is 2. The Morgan fingerprint density at radius 1 is 1.48 bits per heavy atom. The number of thiophene rings is 1. The van der Waals surface area contributed by atoms with Gasteiger partial charge in [0.05, 0.1) is 6.54 Å². The van der Waals surface area contributed by atoms with E-state index >= 15 is 0 Å². The summed E-state index contributed by atoms with van der Waals surface area (Å²) in [7, 11) is 1.76. The number of aliphatic imine (C=N–C) groups is 1. The van der Waals surface area contributed by atoms with Gasteiger partial charge >= 0.3 is 0 Å². The molecular formula is C16H20FN5S. The third-order valence-corrected chi connectivity index (χ3v) is 4.68. The molecule has 122 valence electrons. The lowest BCUT2D eigenvalue weighted by Gasteiger charge is -2.19. The highest BCUT2D eigenvalue weighted by molar-refractivity contribution is 7.09. The lowest BCUT2D eigenvalue weighted by molar-refractivity contribution is 0.612. The summed E-state index contributed by atoms with van der Waals surface area (Å²) in [4.78, 5) is 11.6. The molecule has 1 aliphatic heterocycles. The van der Waals surface area contributed by atoms with Gasteiger partial charge in [-0.3, -0.25) is 4.99 Å². The predicted octanol–water partition coefficient (Wildman–Crippen LogP) is 2.23. The first-order valence-electron chi connectivity index (χ1n) is 7.61. The highest BCUT2D eigenvalue weighted by Crippen LogP contribution is 2.20. The van der Waals surface area contributed by atoms with Crippen LogP contribution in [0.4, 0.5) is 10.2 Å². The van der Waals surface area contributed by atoms with Gasteiger partial charge in [0.15, 0.2) is 17.6 Å². The quantitative estimate of drug-likeness (QED) is 0.665. The molecule has 0 aliphatic carbocycles. The molecule has 1 atom stereocenters. The minimum Gasteiger partial charge on any atom is -0.352 e. The molecule has 1 saturated heterocycles. The van der Waals surface area contributed by atoms with Crippen molar-refractivity contribution in [2.45, 2.75) is 19.0 Å². The van der Waals surface area contributed by atoms with Crippen molar-refractivity contribution < 1.29 is 4.39 Å². The summed E-state index contributed by atoms with van der Waals surface area (Å²) >= 11 is 1.71. The first-order chi connectivity index (χ1) is 11.3. The average molecular weight is 333 g/mol. The number of hydrogen-bond acceptors (Lipinski definition) is 4. The molecular weight excluding hydrogens is 313 g/mol. The number of nitrogens with zero attached hydrogens (tertiary/aromatic N) is 3. The Morgan fingerprint density at radius 3 is 3.13 bits per heavy atom. The molecule has 1 unspecified atom stereocenters. The molecule has 0 bridgehead atoms. The molecule has 0 radical (unpaired) electrons. The van der Waals surface area contributed by atoms with Gasteiger partial charge in [-0.2, -0.15) is 0 Å². The molecule has 2 aromatic heterocycles. The summed E-state index contributed by atoms with van der Waals surface area (Å²) in [6, 6.07) is 7.41. The van der Waals surface area contributed by atoms with E-state index in [0.29, 0.717) is 12.4 Å². The smallest absolute Gasteiger partial charge is 0.191 e. The molecule has 5 nitrogen and oxygen atoms in total. The molecule has 0 saturated carbocycles. The number of aromatic nitrogens is 1. The highest BCUT2D eigenvalue weighted by atomic mass is 32.1. The molecule has 2 N–H and O–H groups in total. The van der Waals surface area contributed by atoms with Crippen molar-refractivity contribution in [3.8, 4) is 0 Å². The highest BCUT2D eigenvalue weighted by Gasteiger charge is 2.25. The molecule has 1 aliphatic rings. The molecule has 23 heavy (non-hydrogen) atoms. The monoisotopic (exact) mass is 333 g/mol. The number of guanidine groups is 1. The van der Waals surface area contributed by atoms with Crippen molar-refractivity contribution >= 4 is 23.1 Å². The zero-order valence-electron chi connectivity index (χ0n) is 13.0. The largest absolute Gasteiger partial charge is 0.352 e. The minimum atomic E-state index is -0.270. The Kier molecular flexibility index (Phi) is 5.07. The van der Waals surface area contributed by atoms with Crippen LogP contribution in [0.3, 0.4) is 0 Å². The molecule has 0 spiro atoms. The van der Waals surface area contributed by atoms with Crippen LogP contribution in [0, 0.1) is 5.82 Å². The third-order valence-electron chi connectivity index (χ3n) is 3.80.